The summed E-state index contributed by atoms with van der Waals surface area (Å²) in [6.07, 6.45) is -0.144. The number of carbonyl (C=O) groups excluding carboxylic acids is 1. The van der Waals surface area contributed by atoms with E-state index in [1.165, 1.54) is 7.11 Å². The van der Waals surface area contributed by atoms with Gasteiger partial charge in [-0.15, -0.1) is 0 Å². The maximum Gasteiger partial charge on any atom is 0.306 e. The van der Waals surface area contributed by atoms with Crippen molar-refractivity contribution in [2.75, 3.05) is 12.9 Å². The highest BCUT2D eigenvalue weighted by Gasteiger charge is 2.14. The molecule has 0 unspecified atom stereocenters. The van der Waals surface area contributed by atoms with E-state index in [9.17, 15) is 13.2 Å². The zero-order valence-corrected chi connectivity index (χ0v) is 10.7. The van der Waals surface area contributed by atoms with Crippen LogP contribution in [0.3, 0.4) is 0 Å². The Bertz CT molecular complexity index is 555. The summed E-state index contributed by atoms with van der Waals surface area (Å²) in [7, 11) is -2.13. The van der Waals surface area contributed by atoms with Gasteiger partial charge in [-0.2, -0.15) is 5.26 Å². The van der Waals surface area contributed by atoms with Crippen LogP contribution in [0.15, 0.2) is 24.3 Å². The third-order valence-electron chi connectivity index (χ3n) is 2.31. The van der Waals surface area contributed by atoms with Crippen molar-refractivity contribution in [1.82, 2.24) is 0 Å². The number of sulfone groups is 1. The molecule has 0 N–H and O–H groups in total. The predicted octanol–water partition coefficient (Wildman–Crippen LogP) is 1.04. The molecule has 0 bridgehead atoms. The molecule has 0 radical (unpaired) electrons. The molecule has 0 aliphatic carbocycles. The summed E-state index contributed by atoms with van der Waals surface area (Å²) >= 11 is 0. The molecule has 1 aromatic rings. The van der Waals surface area contributed by atoms with Crippen LogP contribution in [-0.4, -0.2) is 27.2 Å². The normalized spacial score (nSPS) is 10.7. The Morgan fingerprint density at radius 3 is 2.44 bits per heavy atom. The van der Waals surface area contributed by atoms with Crippen LogP contribution in [0.25, 0.3) is 0 Å². The van der Waals surface area contributed by atoms with E-state index in [1.54, 1.807) is 24.3 Å². The molecule has 0 amide bonds. The van der Waals surface area contributed by atoms with E-state index in [0.29, 0.717) is 11.1 Å². The molecular formula is C12H13NO4S. The number of nitrogens with zero attached hydrogens (tertiary/aromatic N) is 1. The highest BCUT2D eigenvalue weighted by molar-refractivity contribution is 7.90. The first kappa shape index (κ1) is 14.2. The first-order chi connectivity index (χ1) is 8.46. The molecule has 0 aliphatic rings. The van der Waals surface area contributed by atoms with E-state index < -0.39 is 15.8 Å². The number of carbonyl (C=O) groups is 1. The number of hydrogen-bond donors (Lipinski definition) is 0. The molecule has 0 fully saturated rings. The zero-order chi connectivity index (χ0) is 13.6. The lowest BCUT2D eigenvalue weighted by Crippen LogP contribution is -2.14. The number of ether oxygens (including phenoxy) is 1. The molecule has 5 nitrogen and oxygen atoms in total. The third-order valence-corrected chi connectivity index (χ3v) is 3.91. The summed E-state index contributed by atoms with van der Waals surface area (Å²) in [4.78, 5) is 10.9. The van der Waals surface area contributed by atoms with E-state index >= 15 is 0 Å². The van der Waals surface area contributed by atoms with Gasteiger partial charge in [0.15, 0.2) is 9.84 Å². The van der Waals surface area contributed by atoms with Gasteiger partial charge < -0.3 is 4.74 Å². The minimum Gasteiger partial charge on any atom is -0.469 e. The van der Waals surface area contributed by atoms with Crippen LogP contribution in [0.2, 0.25) is 0 Å². The lowest BCUT2D eigenvalue weighted by molar-refractivity contribution is -0.140. The van der Waals surface area contributed by atoms with Gasteiger partial charge in [0.05, 0.1) is 36.7 Å². The topological polar surface area (TPSA) is 84.2 Å². The smallest absolute Gasteiger partial charge is 0.306 e. The van der Waals surface area contributed by atoms with E-state index in [1.807, 2.05) is 6.07 Å². The lowest BCUT2D eigenvalue weighted by atomic mass is 10.2. The predicted molar refractivity (Wildman–Crippen MR) is 65.3 cm³/mol. The molecule has 0 atom stereocenters. The monoisotopic (exact) mass is 267 g/mol. The van der Waals surface area contributed by atoms with Crippen LogP contribution < -0.4 is 0 Å². The van der Waals surface area contributed by atoms with Crippen molar-refractivity contribution in [2.24, 2.45) is 0 Å². The molecular weight excluding hydrogens is 254 g/mol. The minimum atomic E-state index is -3.34. The fraction of sp³-hybridized carbons (Fsp3) is 0.333. The van der Waals surface area contributed by atoms with Crippen molar-refractivity contribution in [3.05, 3.63) is 35.4 Å². The van der Waals surface area contributed by atoms with E-state index in [2.05, 4.69) is 4.74 Å². The Balaban J connectivity index is 2.65. The van der Waals surface area contributed by atoms with Gasteiger partial charge in [-0.1, -0.05) is 12.1 Å². The van der Waals surface area contributed by atoms with Gasteiger partial charge in [0, 0.05) is 0 Å². The van der Waals surface area contributed by atoms with Gasteiger partial charge in [0.1, 0.15) is 0 Å². The van der Waals surface area contributed by atoms with Crippen LogP contribution in [0.4, 0.5) is 0 Å². The molecule has 0 spiro atoms. The summed E-state index contributed by atoms with van der Waals surface area (Å²) in [6.45, 7) is 0. The summed E-state index contributed by atoms with van der Waals surface area (Å²) in [5.74, 6) is -0.923. The van der Waals surface area contributed by atoms with Gasteiger partial charge in [-0.05, 0) is 17.7 Å². The molecule has 0 saturated carbocycles. The Morgan fingerprint density at radius 1 is 1.33 bits per heavy atom. The number of hydrogen-bond acceptors (Lipinski definition) is 5. The maximum atomic E-state index is 11.7. The van der Waals surface area contributed by atoms with Gasteiger partial charge >= 0.3 is 5.97 Å². The second-order valence-corrected chi connectivity index (χ2v) is 5.91. The molecule has 0 aromatic heterocycles. The molecule has 1 aromatic carbocycles. The van der Waals surface area contributed by atoms with Crippen LogP contribution in [0.1, 0.15) is 17.5 Å². The third kappa shape index (κ3) is 4.55. The Hall–Kier alpha value is -1.87. The van der Waals surface area contributed by atoms with Crippen molar-refractivity contribution in [2.45, 2.75) is 12.2 Å². The fourth-order valence-electron chi connectivity index (χ4n) is 1.34. The van der Waals surface area contributed by atoms with Crippen molar-refractivity contribution >= 4 is 15.8 Å². The molecule has 0 saturated heterocycles. The van der Waals surface area contributed by atoms with E-state index in [-0.39, 0.29) is 17.9 Å². The highest BCUT2D eigenvalue weighted by Crippen LogP contribution is 2.09. The summed E-state index contributed by atoms with van der Waals surface area (Å²) in [5, 5.41) is 8.61. The van der Waals surface area contributed by atoms with Crippen LogP contribution in [-0.2, 0) is 25.1 Å². The molecule has 6 heteroatoms. The summed E-state index contributed by atoms with van der Waals surface area (Å²) in [5.41, 5.74) is 1.07. The number of rotatable bonds is 5. The van der Waals surface area contributed by atoms with Gasteiger partial charge in [0.2, 0.25) is 0 Å². The molecule has 0 heterocycles. The molecule has 1 rings (SSSR count). The van der Waals surface area contributed by atoms with Crippen molar-refractivity contribution in [1.29, 1.82) is 5.26 Å². The summed E-state index contributed by atoms with van der Waals surface area (Å²) < 4.78 is 27.8. The van der Waals surface area contributed by atoms with Crippen LogP contribution in [0, 0.1) is 11.3 Å². The second kappa shape index (κ2) is 6.17. The zero-order valence-electron chi connectivity index (χ0n) is 9.92. The van der Waals surface area contributed by atoms with E-state index in [0.717, 1.165) is 0 Å². The molecule has 18 heavy (non-hydrogen) atoms. The standard InChI is InChI=1S/C12H13NO4S/c1-17-12(14)6-7-18(15,16)9-11-4-2-10(8-13)3-5-11/h2-5H,6-7,9H2,1H3. The minimum absolute atomic E-state index is 0.143. The Labute approximate surface area is 106 Å². The van der Waals surface area contributed by atoms with Crippen LogP contribution in [0.5, 0.6) is 0 Å². The fourth-order valence-corrected chi connectivity index (χ4v) is 2.66. The first-order valence-corrected chi connectivity index (χ1v) is 7.05. The SMILES string of the molecule is COC(=O)CCS(=O)(=O)Cc1ccc(C#N)cc1. The number of esters is 1. The number of methoxy groups -OCH3 is 1. The Morgan fingerprint density at radius 2 is 1.94 bits per heavy atom. The van der Waals surface area contributed by atoms with Crippen molar-refractivity contribution < 1.29 is 17.9 Å². The van der Waals surface area contributed by atoms with Crippen molar-refractivity contribution in [3.63, 3.8) is 0 Å². The van der Waals surface area contributed by atoms with Gasteiger partial charge in [-0.25, -0.2) is 8.42 Å². The van der Waals surface area contributed by atoms with E-state index in [4.69, 9.17) is 5.26 Å². The number of nitriles is 1. The lowest BCUT2D eigenvalue weighted by Gasteiger charge is -2.04. The average molecular weight is 267 g/mol. The maximum absolute atomic E-state index is 11.7. The summed E-state index contributed by atoms with van der Waals surface area (Å²) in [6, 6.07) is 8.26. The Kier molecular flexibility index (Phi) is 4.86. The second-order valence-electron chi connectivity index (χ2n) is 3.73. The number of benzene rings is 1. The molecule has 0 aliphatic heterocycles. The highest BCUT2D eigenvalue weighted by atomic mass is 32.2. The van der Waals surface area contributed by atoms with Gasteiger partial charge in [0.25, 0.3) is 0 Å². The largest absolute Gasteiger partial charge is 0.469 e. The quantitative estimate of drug-likeness (QED) is 0.744. The van der Waals surface area contributed by atoms with Crippen molar-refractivity contribution in [3.8, 4) is 6.07 Å². The van der Waals surface area contributed by atoms with Gasteiger partial charge in [-0.3, -0.25) is 4.79 Å². The van der Waals surface area contributed by atoms with Crippen LogP contribution >= 0.6 is 0 Å². The average Bonchev–Trinajstić information content (AvgIpc) is 2.36. The first-order valence-electron chi connectivity index (χ1n) is 5.23. The molecule has 96 valence electrons.